The summed E-state index contributed by atoms with van der Waals surface area (Å²) in [6, 6.07) is 11.7. The lowest BCUT2D eigenvalue weighted by molar-refractivity contribution is 0.605. The molecule has 1 aliphatic heterocycles. The van der Waals surface area contributed by atoms with Gasteiger partial charge >= 0.3 is 0 Å². The molecule has 0 radical (unpaired) electrons. The summed E-state index contributed by atoms with van der Waals surface area (Å²) >= 11 is 1.80. The van der Waals surface area contributed by atoms with Crippen molar-refractivity contribution < 1.29 is 0 Å². The molecule has 3 heterocycles. The largest absolute Gasteiger partial charge is 0.361 e. The summed E-state index contributed by atoms with van der Waals surface area (Å²) in [5.41, 5.74) is 4.02. The highest BCUT2D eigenvalue weighted by Crippen LogP contribution is 2.30. The van der Waals surface area contributed by atoms with Gasteiger partial charge < -0.3 is 10.3 Å². The van der Waals surface area contributed by atoms with E-state index in [2.05, 4.69) is 52.2 Å². The summed E-state index contributed by atoms with van der Waals surface area (Å²) in [6.45, 7) is 5.17. The summed E-state index contributed by atoms with van der Waals surface area (Å²) < 4.78 is 0. The van der Waals surface area contributed by atoms with Gasteiger partial charge in [-0.2, -0.15) is 0 Å². The predicted octanol–water partition coefficient (Wildman–Crippen LogP) is 5.22. The standard InChI is InChI=1S/C17H18N2S.C2H6/c1-3-14(18-7-1)9-13-11-19-16-6-5-12(10-15(13)16)17-4-2-8-20-17;1-2/h2,4-6,8,10-11,14,18-19H,1,3,7,9H2;1-2H3/t14-;/m0./s1. The Labute approximate surface area is 136 Å². The van der Waals surface area contributed by atoms with Crippen molar-refractivity contribution in [2.45, 2.75) is 39.2 Å². The van der Waals surface area contributed by atoms with Gasteiger partial charge in [-0.25, -0.2) is 0 Å². The van der Waals surface area contributed by atoms with Gasteiger partial charge in [0.1, 0.15) is 0 Å². The van der Waals surface area contributed by atoms with E-state index in [9.17, 15) is 0 Å². The number of H-pyrrole nitrogens is 1. The van der Waals surface area contributed by atoms with Gasteiger partial charge in [-0.1, -0.05) is 26.0 Å². The molecular formula is C19H24N2S. The first kappa shape index (κ1) is 15.3. The fraction of sp³-hybridized carbons (Fsp3) is 0.368. The quantitative estimate of drug-likeness (QED) is 0.682. The van der Waals surface area contributed by atoms with Crippen LogP contribution in [-0.2, 0) is 6.42 Å². The van der Waals surface area contributed by atoms with E-state index in [4.69, 9.17) is 0 Å². The van der Waals surface area contributed by atoms with Gasteiger partial charge in [-0.15, -0.1) is 11.3 Å². The van der Waals surface area contributed by atoms with Gasteiger partial charge in [0.2, 0.25) is 0 Å². The van der Waals surface area contributed by atoms with E-state index >= 15 is 0 Å². The zero-order valence-electron chi connectivity index (χ0n) is 13.4. The van der Waals surface area contributed by atoms with Crippen LogP contribution >= 0.6 is 11.3 Å². The van der Waals surface area contributed by atoms with Crippen LogP contribution < -0.4 is 5.32 Å². The zero-order chi connectivity index (χ0) is 15.4. The molecule has 1 atom stereocenters. The molecule has 0 aliphatic carbocycles. The van der Waals surface area contributed by atoms with Gasteiger partial charge in [-0.3, -0.25) is 0 Å². The molecule has 1 aliphatic rings. The summed E-state index contributed by atoms with van der Waals surface area (Å²) in [5.74, 6) is 0. The Hall–Kier alpha value is -1.58. The molecule has 1 fully saturated rings. The van der Waals surface area contributed by atoms with Crippen molar-refractivity contribution in [3.8, 4) is 10.4 Å². The lowest BCUT2D eigenvalue weighted by Crippen LogP contribution is -2.23. The van der Waals surface area contributed by atoms with E-state index in [1.807, 2.05) is 13.8 Å². The summed E-state index contributed by atoms with van der Waals surface area (Å²) in [5, 5.41) is 7.11. The summed E-state index contributed by atoms with van der Waals surface area (Å²) in [6.07, 6.45) is 5.93. The highest BCUT2D eigenvalue weighted by molar-refractivity contribution is 7.13. The van der Waals surface area contributed by atoms with Crippen LogP contribution in [0, 0.1) is 0 Å². The smallest absolute Gasteiger partial charge is 0.0457 e. The topological polar surface area (TPSA) is 27.8 Å². The first-order valence-electron chi connectivity index (χ1n) is 8.27. The Kier molecular flexibility index (Phi) is 4.96. The lowest BCUT2D eigenvalue weighted by Gasteiger charge is -2.09. The van der Waals surface area contributed by atoms with Crippen LogP contribution in [0.4, 0.5) is 0 Å². The second-order valence-corrected chi connectivity index (χ2v) is 6.50. The second kappa shape index (κ2) is 7.12. The SMILES string of the molecule is CC.c1csc(-c2ccc3[nH]cc(C[C@@H]4CCCN4)c3c2)c1. The number of aromatic amines is 1. The molecule has 0 bridgehead atoms. The third-order valence-electron chi connectivity index (χ3n) is 4.20. The van der Waals surface area contributed by atoms with Crippen LogP contribution in [0.1, 0.15) is 32.3 Å². The number of fused-ring (bicyclic) bond motifs is 1. The number of aromatic nitrogens is 1. The van der Waals surface area contributed by atoms with E-state index in [0.717, 1.165) is 6.42 Å². The number of rotatable bonds is 3. The maximum atomic E-state index is 3.59. The van der Waals surface area contributed by atoms with Gasteiger partial charge in [0.15, 0.2) is 0 Å². The first-order valence-corrected chi connectivity index (χ1v) is 9.15. The van der Waals surface area contributed by atoms with Crippen molar-refractivity contribution in [3.63, 3.8) is 0 Å². The third kappa shape index (κ3) is 3.11. The summed E-state index contributed by atoms with van der Waals surface area (Å²) in [7, 11) is 0. The molecule has 3 aromatic rings. The highest BCUT2D eigenvalue weighted by Gasteiger charge is 2.16. The molecule has 2 nitrogen and oxygen atoms in total. The van der Waals surface area contributed by atoms with Crippen molar-refractivity contribution in [2.24, 2.45) is 0 Å². The number of hydrogen-bond donors (Lipinski definition) is 2. The maximum absolute atomic E-state index is 3.59. The van der Waals surface area contributed by atoms with Crippen LogP contribution in [0.3, 0.4) is 0 Å². The molecular weight excluding hydrogens is 288 g/mol. The third-order valence-corrected chi connectivity index (χ3v) is 5.12. The van der Waals surface area contributed by atoms with Crippen LogP contribution in [-0.4, -0.2) is 17.6 Å². The number of benzene rings is 1. The minimum Gasteiger partial charge on any atom is -0.361 e. The normalized spacial score (nSPS) is 17.5. The van der Waals surface area contributed by atoms with E-state index in [0.29, 0.717) is 6.04 Å². The Morgan fingerprint density at radius 1 is 1.23 bits per heavy atom. The Morgan fingerprint density at radius 2 is 2.14 bits per heavy atom. The number of thiophene rings is 1. The second-order valence-electron chi connectivity index (χ2n) is 5.55. The van der Waals surface area contributed by atoms with Crippen molar-refractivity contribution >= 4 is 22.2 Å². The van der Waals surface area contributed by atoms with Crippen molar-refractivity contribution in [3.05, 3.63) is 47.5 Å². The predicted molar refractivity (Wildman–Crippen MR) is 97.7 cm³/mol. The van der Waals surface area contributed by atoms with E-state index in [1.165, 1.54) is 46.3 Å². The number of hydrogen-bond acceptors (Lipinski definition) is 2. The molecule has 4 rings (SSSR count). The van der Waals surface area contributed by atoms with Crippen molar-refractivity contribution in [1.29, 1.82) is 0 Å². The zero-order valence-corrected chi connectivity index (χ0v) is 14.2. The summed E-state index contributed by atoms with van der Waals surface area (Å²) in [4.78, 5) is 4.76. The molecule has 1 saturated heterocycles. The molecule has 0 unspecified atom stereocenters. The van der Waals surface area contributed by atoms with Crippen LogP contribution in [0.25, 0.3) is 21.3 Å². The fourth-order valence-corrected chi connectivity index (χ4v) is 3.86. The van der Waals surface area contributed by atoms with Crippen LogP contribution in [0.15, 0.2) is 41.9 Å². The van der Waals surface area contributed by atoms with E-state index in [1.54, 1.807) is 11.3 Å². The van der Waals surface area contributed by atoms with Crippen LogP contribution in [0.2, 0.25) is 0 Å². The van der Waals surface area contributed by atoms with Crippen molar-refractivity contribution in [1.82, 2.24) is 10.3 Å². The van der Waals surface area contributed by atoms with Gasteiger partial charge in [-0.05, 0) is 60.5 Å². The molecule has 1 aromatic carbocycles. The molecule has 0 spiro atoms. The minimum absolute atomic E-state index is 0.652. The fourth-order valence-electron chi connectivity index (χ4n) is 3.14. The molecule has 2 N–H and O–H groups in total. The molecule has 116 valence electrons. The van der Waals surface area contributed by atoms with Crippen molar-refractivity contribution in [2.75, 3.05) is 6.54 Å². The first-order chi connectivity index (χ1) is 10.9. The molecule has 0 saturated carbocycles. The highest BCUT2D eigenvalue weighted by atomic mass is 32.1. The minimum atomic E-state index is 0.652. The van der Waals surface area contributed by atoms with E-state index in [-0.39, 0.29) is 0 Å². The van der Waals surface area contributed by atoms with Gasteiger partial charge in [0, 0.05) is 28.0 Å². The molecule has 3 heteroatoms. The average molecular weight is 312 g/mol. The Bertz CT molecular complexity index is 706. The average Bonchev–Trinajstić information content (AvgIpc) is 3.32. The lowest BCUT2D eigenvalue weighted by atomic mass is 10.0. The Balaban J connectivity index is 0.000000693. The molecule has 2 aromatic heterocycles. The molecule has 22 heavy (non-hydrogen) atoms. The van der Waals surface area contributed by atoms with Gasteiger partial charge in [0.25, 0.3) is 0 Å². The monoisotopic (exact) mass is 312 g/mol. The maximum Gasteiger partial charge on any atom is 0.0457 e. The Morgan fingerprint density at radius 3 is 2.86 bits per heavy atom. The number of nitrogens with one attached hydrogen (secondary N) is 2. The molecule has 0 amide bonds. The van der Waals surface area contributed by atoms with Crippen LogP contribution in [0.5, 0.6) is 0 Å². The van der Waals surface area contributed by atoms with Gasteiger partial charge in [0.05, 0.1) is 0 Å². The van der Waals surface area contributed by atoms with E-state index < -0.39 is 0 Å².